The predicted octanol–water partition coefficient (Wildman–Crippen LogP) is -1.12. The van der Waals surface area contributed by atoms with Gasteiger partial charge in [-0.2, -0.15) is 0 Å². The summed E-state index contributed by atoms with van der Waals surface area (Å²) in [5, 5.41) is 45.9. The van der Waals surface area contributed by atoms with E-state index in [-0.39, 0.29) is 19.0 Å². The molecule has 2 N–H and O–H groups in total. The minimum atomic E-state index is -1.29. The first-order valence-electron chi connectivity index (χ1n) is 5.38. The molecule has 0 bridgehead atoms. The first-order valence-corrected chi connectivity index (χ1v) is 5.38. The van der Waals surface area contributed by atoms with Gasteiger partial charge in [-0.15, -0.1) is 0 Å². The molecule has 0 amide bonds. The van der Waals surface area contributed by atoms with Crippen molar-refractivity contribution in [2.45, 2.75) is 13.1 Å². The average Bonchev–Trinajstić information content (AvgIpc) is 2.99. The van der Waals surface area contributed by atoms with Gasteiger partial charge in [0, 0.05) is 0 Å². The molecule has 0 radical (unpaired) electrons. The summed E-state index contributed by atoms with van der Waals surface area (Å²) in [5.74, 6) is -2.43. The summed E-state index contributed by atoms with van der Waals surface area (Å²) in [4.78, 5) is 29.0. The minimum absolute atomic E-state index is 0.0983. The molecule has 2 aromatic heterocycles. The number of tetrazole rings is 1. The molecule has 0 spiro atoms. The molecule has 0 fully saturated rings. The van der Waals surface area contributed by atoms with Gasteiger partial charge in [0.2, 0.25) is 5.95 Å². The van der Waals surface area contributed by atoms with E-state index in [1.54, 1.807) is 0 Å². The van der Waals surface area contributed by atoms with Crippen molar-refractivity contribution in [3.05, 3.63) is 30.3 Å². The normalized spacial score (nSPS) is 10.5. The average molecular weight is 314 g/mol. The molecule has 0 saturated heterocycles. The molecule has 0 aromatic carbocycles. The fraction of sp³-hybridized carbons (Fsp3) is 0.333. The summed E-state index contributed by atoms with van der Waals surface area (Å²) in [5.41, 5.74) is 4.09. The molecule has 2 aromatic rings. The highest BCUT2D eigenvalue weighted by Crippen LogP contribution is 2.35. The van der Waals surface area contributed by atoms with Crippen molar-refractivity contribution >= 4 is 23.3 Å². The molecule has 0 aliphatic rings. The Balaban J connectivity index is 2.44. The smallest absolute Gasteiger partial charge is 0.367 e. The van der Waals surface area contributed by atoms with E-state index >= 15 is 0 Å². The standard InChI is InChI=1S/C6H6N10O6/c7-6-8-10-11-13(6)2-1-12-5(16(21)22)3(14(17)18)4(9-12)15(19)20/h1-2H2,(H2,7,8,11). The fourth-order valence-electron chi connectivity index (χ4n) is 1.61. The summed E-state index contributed by atoms with van der Waals surface area (Å²) in [6, 6.07) is 0. The third-order valence-corrected chi connectivity index (χ3v) is 2.50. The largest absolute Gasteiger partial charge is 0.498 e. The Hall–Kier alpha value is -3.72. The van der Waals surface area contributed by atoms with Crippen molar-refractivity contribution in [1.82, 2.24) is 30.0 Å². The number of aryl methyl sites for hydroxylation is 2. The van der Waals surface area contributed by atoms with Crippen LogP contribution in [0.15, 0.2) is 0 Å². The van der Waals surface area contributed by atoms with Gasteiger partial charge in [-0.3, -0.25) is 10.1 Å². The molecule has 0 saturated carbocycles. The molecule has 2 heterocycles. The highest BCUT2D eigenvalue weighted by atomic mass is 16.7. The molecular weight excluding hydrogens is 308 g/mol. The summed E-state index contributed by atoms with van der Waals surface area (Å²) >= 11 is 0. The summed E-state index contributed by atoms with van der Waals surface area (Å²) < 4.78 is 1.57. The van der Waals surface area contributed by atoms with Crippen LogP contribution in [0.3, 0.4) is 0 Å². The van der Waals surface area contributed by atoms with E-state index in [0.717, 1.165) is 4.68 Å². The lowest BCUT2D eigenvalue weighted by atomic mass is 10.5. The van der Waals surface area contributed by atoms with E-state index in [2.05, 4.69) is 20.6 Å². The maximum absolute atomic E-state index is 11.0. The molecule has 0 aliphatic carbocycles. The summed E-state index contributed by atoms with van der Waals surface area (Å²) in [6.45, 7) is -0.462. The highest BCUT2D eigenvalue weighted by molar-refractivity contribution is 5.59. The van der Waals surface area contributed by atoms with E-state index in [4.69, 9.17) is 5.73 Å². The Labute approximate surface area is 118 Å². The Bertz CT molecular complexity index is 762. The Morgan fingerprint density at radius 2 is 1.64 bits per heavy atom. The topological polar surface area (TPSA) is 217 Å². The van der Waals surface area contributed by atoms with Gasteiger partial charge in [0.15, 0.2) is 11.6 Å². The zero-order valence-electron chi connectivity index (χ0n) is 10.5. The molecular formula is C6H6N10O6. The lowest BCUT2D eigenvalue weighted by Crippen LogP contribution is -2.14. The lowest BCUT2D eigenvalue weighted by molar-refractivity contribution is -0.441. The number of hydrogen-bond donors (Lipinski definition) is 1. The molecule has 0 aliphatic heterocycles. The van der Waals surface area contributed by atoms with Crippen LogP contribution in [0.1, 0.15) is 0 Å². The maximum atomic E-state index is 11.0. The van der Waals surface area contributed by atoms with Crippen molar-refractivity contribution in [1.29, 1.82) is 0 Å². The van der Waals surface area contributed by atoms with Crippen molar-refractivity contribution in [3.63, 3.8) is 0 Å². The Morgan fingerprint density at radius 1 is 1.00 bits per heavy atom. The first-order chi connectivity index (χ1) is 10.3. The van der Waals surface area contributed by atoms with Crippen molar-refractivity contribution < 1.29 is 14.8 Å². The monoisotopic (exact) mass is 314 g/mol. The number of nitrogen functional groups attached to an aromatic ring is 1. The third kappa shape index (κ3) is 2.46. The van der Waals surface area contributed by atoms with Gasteiger partial charge in [-0.1, -0.05) is 5.10 Å². The van der Waals surface area contributed by atoms with Gasteiger partial charge in [0.1, 0.15) is 0 Å². The molecule has 0 atom stereocenters. The number of nitrogens with zero attached hydrogens (tertiary/aromatic N) is 9. The third-order valence-electron chi connectivity index (χ3n) is 2.50. The molecule has 0 unspecified atom stereocenters. The maximum Gasteiger partial charge on any atom is 0.498 e. The van der Waals surface area contributed by atoms with E-state index < -0.39 is 32.1 Å². The van der Waals surface area contributed by atoms with Crippen LogP contribution in [0, 0.1) is 30.3 Å². The summed E-state index contributed by atoms with van der Waals surface area (Å²) in [6.07, 6.45) is 0. The van der Waals surface area contributed by atoms with Gasteiger partial charge in [0.05, 0.1) is 11.5 Å². The zero-order chi connectivity index (χ0) is 16.4. The number of nitro groups is 3. The Kier molecular flexibility index (Phi) is 3.57. The number of nitrogens with two attached hydrogens (primary N) is 1. The van der Waals surface area contributed by atoms with Crippen LogP contribution in [0.5, 0.6) is 0 Å². The second-order valence-electron chi connectivity index (χ2n) is 3.75. The van der Waals surface area contributed by atoms with Gasteiger partial charge in [-0.25, -0.2) is 4.68 Å². The van der Waals surface area contributed by atoms with Crippen LogP contribution in [0.4, 0.5) is 23.3 Å². The fourth-order valence-corrected chi connectivity index (χ4v) is 1.61. The van der Waals surface area contributed by atoms with Crippen LogP contribution in [-0.4, -0.2) is 44.8 Å². The van der Waals surface area contributed by atoms with Gasteiger partial charge in [0.25, 0.3) is 0 Å². The second-order valence-corrected chi connectivity index (χ2v) is 3.75. The molecule has 116 valence electrons. The zero-order valence-corrected chi connectivity index (χ0v) is 10.5. The van der Waals surface area contributed by atoms with E-state index in [1.807, 2.05) is 0 Å². The Morgan fingerprint density at radius 3 is 2.09 bits per heavy atom. The van der Waals surface area contributed by atoms with Gasteiger partial charge in [-0.05, 0) is 25.0 Å². The number of anilines is 1. The van der Waals surface area contributed by atoms with Crippen molar-refractivity contribution in [2.24, 2.45) is 0 Å². The second kappa shape index (κ2) is 5.34. The molecule has 22 heavy (non-hydrogen) atoms. The lowest BCUT2D eigenvalue weighted by Gasteiger charge is -1.97. The number of rotatable bonds is 6. The van der Waals surface area contributed by atoms with E-state index in [1.165, 1.54) is 0 Å². The SMILES string of the molecule is Nc1nnnn1CCn1nc([N+](=O)[O-])c([N+](=O)[O-])c1[N+](=O)[O-]. The van der Waals surface area contributed by atoms with Crippen molar-refractivity contribution in [3.8, 4) is 0 Å². The first kappa shape index (κ1) is 14.7. The van der Waals surface area contributed by atoms with E-state index in [0.29, 0.717) is 4.68 Å². The van der Waals surface area contributed by atoms with Crippen LogP contribution in [0.25, 0.3) is 0 Å². The highest BCUT2D eigenvalue weighted by Gasteiger charge is 2.46. The van der Waals surface area contributed by atoms with Crippen molar-refractivity contribution in [2.75, 3.05) is 5.73 Å². The van der Waals surface area contributed by atoms with Crippen LogP contribution < -0.4 is 5.73 Å². The molecule has 2 rings (SSSR count). The molecule has 16 nitrogen and oxygen atoms in total. The summed E-state index contributed by atoms with van der Waals surface area (Å²) in [7, 11) is 0. The van der Waals surface area contributed by atoms with Crippen LogP contribution in [-0.2, 0) is 13.1 Å². The van der Waals surface area contributed by atoms with Crippen LogP contribution in [0.2, 0.25) is 0 Å². The molecule has 16 heteroatoms. The van der Waals surface area contributed by atoms with Crippen LogP contribution >= 0.6 is 0 Å². The number of aromatic nitrogens is 6. The van der Waals surface area contributed by atoms with E-state index in [9.17, 15) is 30.3 Å². The van der Waals surface area contributed by atoms with Gasteiger partial charge < -0.3 is 26.0 Å². The minimum Gasteiger partial charge on any atom is -0.367 e. The number of hydrogen-bond acceptors (Lipinski definition) is 11. The predicted molar refractivity (Wildman–Crippen MR) is 64.4 cm³/mol. The quantitative estimate of drug-likeness (QED) is 0.496. The van der Waals surface area contributed by atoms with Gasteiger partial charge >= 0.3 is 17.3 Å².